The van der Waals surface area contributed by atoms with Crippen LogP contribution in [-0.4, -0.2) is 16.1 Å². The quantitative estimate of drug-likeness (QED) is 0.873. The van der Waals surface area contributed by atoms with Crippen molar-refractivity contribution in [3.05, 3.63) is 65.5 Å². The zero-order chi connectivity index (χ0) is 12.1. The van der Waals surface area contributed by atoms with Crippen molar-refractivity contribution < 1.29 is 9.90 Å². The Hall–Kier alpha value is -2.16. The number of hydrogen-bond acceptors (Lipinski definition) is 2. The third-order valence-corrected chi connectivity index (χ3v) is 2.60. The fraction of sp³-hybridized carbons (Fsp3) is 0.143. The molecule has 3 heteroatoms. The van der Waals surface area contributed by atoms with E-state index >= 15 is 0 Å². The van der Waals surface area contributed by atoms with Crippen LogP contribution in [0, 0.1) is 0 Å². The monoisotopic (exact) mass is 227 g/mol. The fourth-order valence-electron chi connectivity index (χ4n) is 1.69. The summed E-state index contributed by atoms with van der Waals surface area (Å²) < 4.78 is 0. The van der Waals surface area contributed by atoms with E-state index in [9.17, 15) is 4.79 Å². The molecular weight excluding hydrogens is 214 g/mol. The van der Waals surface area contributed by atoms with Gasteiger partial charge in [-0.2, -0.15) is 0 Å². The maximum atomic E-state index is 10.8. The van der Waals surface area contributed by atoms with Crippen LogP contribution < -0.4 is 0 Å². The lowest BCUT2D eigenvalue weighted by atomic mass is 10.0. The molecule has 2 aromatic rings. The number of hydrogen-bond donors (Lipinski definition) is 1. The van der Waals surface area contributed by atoms with Gasteiger partial charge in [0.2, 0.25) is 0 Å². The van der Waals surface area contributed by atoms with Gasteiger partial charge in [0.05, 0.1) is 5.56 Å². The second-order valence-corrected chi connectivity index (χ2v) is 3.87. The van der Waals surface area contributed by atoms with Crippen LogP contribution >= 0.6 is 0 Å². The first kappa shape index (κ1) is 11.3. The van der Waals surface area contributed by atoms with Gasteiger partial charge in [0.15, 0.2) is 0 Å². The Labute approximate surface area is 99.8 Å². The Bertz CT molecular complexity index is 509. The van der Waals surface area contributed by atoms with E-state index < -0.39 is 5.97 Å². The highest BCUT2D eigenvalue weighted by atomic mass is 16.4. The zero-order valence-corrected chi connectivity index (χ0v) is 9.34. The highest BCUT2D eigenvalue weighted by Gasteiger charge is 2.03. The summed E-state index contributed by atoms with van der Waals surface area (Å²) in [6.45, 7) is 0. The molecule has 0 spiro atoms. The third-order valence-electron chi connectivity index (χ3n) is 2.60. The minimum Gasteiger partial charge on any atom is -0.478 e. The highest BCUT2D eigenvalue weighted by Crippen LogP contribution is 2.09. The Morgan fingerprint density at radius 2 is 1.88 bits per heavy atom. The number of carboxylic acids is 1. The first-order valence-electron chi connectivity index (χ1n) is 5.47. The van der Waals surface area contributed by atoms with E-state index in [1.54, 1.807) is 24.4 Å². The molecule has 3 nitrogen and oxygen atoms in total. The molecule has 0 bridgehead atoms. The number of aryl methyl sites for hydroxylation is 2. The first-order chi connectivity index (χ1) is 8.25. The van der Waals surface area contributed by atoms with E-state index in [1.165, 1.54) is 0 Å². The van der Waals surface area contributed by atoms with Crippen LogP contribution in [0.1, 0.15) is 21.5 Å². The number of carbonyl (C=O) groups is 1. The summed E-state index contributed by atoms with van der Waals surface area (Å²) in [5.41, 5.74) is 2.54. The average Bonchev–Trinajstić information content (AvgIpc) is 2.38. The van der Waals surface area contributed by atoms with Crippen LogP contribution in [-0.2, 0) is 12.8 Å². The fourth-order valence-corrected chi connectivity index (χ4v) is 1.69. The Morgan fingerprint density at radius 1 is 1.12 bits per heavy atom. The molecule has 86 valence electrons. The number of benzene rings is 1. The van der Waals surface area contributed by atoms with Crippen molar-refractivity contribution in [3.63, 3.8) is 0 Å². The highest BCUT2D eigenvalue weighted by molar-refractivity contribution is 5.87. The van der Waals surface area contributed by atoms with Gasteiger partial charge < -0.3 is 5.11 Å². The molecule has 0 aliphatic rings. The van der Waals surface area contributed by atoms with Gasteiger partial charge in [0.1, 0.15) is 0 Å². The van der Waals surface area contributed by atoms with E-state index in [1.807, 2.05) is 24.4 Å². The third kappa shape index (κ3) is 3.14. The van der Waals surface area contributed by atoms with E-state index in [-0.39, 0.29) is 0 Å². The van der Waals surface area contributed by atoms with E-state index in [0.717, 1.165) is 24.0 Å². The molecule has 0 aliphatic heterocycles. The van der Waals surface area contributed by atoms with Crippen molar-refractivity contribution in [1.82, 2.24) is 4.98 Å². The van der Waals surface area contributed by atoms with Crippen molar-refractivity contribution in [2.24, 2.45) is 0 Å². The van der Waals surface area contributed by atoms with Gasteiger partial charge >= 0.3 is 5.97 Å². The molecule has 1 aromatic carbocycles. The molecular formula is C14H13NO2. The molecule has 0 fully saturated rings. The van der Waals surface area contributed by atoms with Crippen LogP contribution in [0.2, 0.25) is 0 Å². The summed E-state index contributed by atoms with van der Waals surface area (Å²) in [4.78, 5) is 14.9. The first-order valence-corrected chi connectivity index (χ1v) is 5.47. The topological polar surface area (TPSA) is 50.2 Å². The summed E-state index contributed by atoms with van der Waals surface area (Å²) in [5, 5.41) is 8.88. The summed E-state index contributed by atoms with van der Waals surface area (Å²) in [6.07, 6.45) is 5.28. The predicted molar refractivity (Wildman–Crippen MR) is 65.0 cm³/mol. The summed E-state index contributed by atoms with van der Waals surface area (Å²) in [5.74, 6) is -0.881. The number of aromatic nitrogens is 1. The van der Waals surface area contributed by atoms with Gasteiger partial charge in [0.25, 0.3) is 0 Å². The standard InChI is InChI=1S/C14H13NO2/c16-14(17)13-5-1-3-11(9-13)6-7-12-4-2-8-15-10-12/h1-5,8-10H,6-7H2,(H,16,17). The largest absolute Gasteiger partial charge is 0.478 e. The molecule has 0 aliphatic carbocycles. The lowest BCUT2D eigenvalue weighted by molar-refractivity contribution is 0.0697. The van der Waals surface area contributed by atoms with Crippen molar-refractivity contribution in [2.45, 2.75) is 12.8 Å². The molecule has 0 atom stereocenters. The predicted octanol–water partition coefficient (Wildman–Crippen LogP) is 2.57. The van der Waals surface area contributed by atoms with Crippen LogP contribution in [0.5, 0.6) is 0 Å². The van der Waals surface area contributed by atoms with Crippen LogP contribution in [0.3, 0.4) is 0 Å². The summed E-state index contributed by atoms with van der Waals surface area (Å²) in [6, 6.07) is 11.0. The van der Waals surface area contributed by atoms with Crippen molar-refractivity contribution >= 4 is 5.97 Å². The molecule has 0 saturated heterocycles. The van der Waals surface area contributed by atoms with Gasteiger partial charge in [-0.3, -0.25) is 4.98 Å². The minimum atomic E-state index is -0.881. The van der Waals surface area contributed by atoms with Gasteiger partial charge in [-0.15, -0.1) is 0 Å². The molecule has 0 amide bonds. The van der Waals surface area contributed by atoms with Gasteiger partial charge in [0, 0.05) is 12.4 Å². The second-order valence-electron chi connectivity index (χ2n) is 3.87. The smallest absolute Gasteiger partial charge is 0.335 e. The van der Waals surface area contributed by atoms with Crippen molar-refractivity contribution in [2.75, 3.05) is 0 Å². The van der Waals surface area contributed by atoms with Gasteiger partial charge in [-0.1, -0.05) is 18.2 Å². The van der Waals surface area contributed by atoms with Crippen LogP contribution in [0.4, 0.5) is 0 Å². The number of carboxylic acid groups (broad SMARTS) is 1. The number of nitrogens with zero attached hydrogens (tertiary/aromatic N) is 1. The Morgan fingerprint density at radius 3 is 2.59 bits per heavy atom. The Kier molecular flexibility index (Phi) is 3.50. The maximum absolute atomic E-state index is 10.8. The number of pyridine rings is 1. The van der Waals surface area contributed by atoms with Crippen LogP contribution in [0.25, 0.3) is 0 Å². The SMILES string of the molecule is O=C(O)c1cccc(CCc2cccnc2)c1. The second kappa shape index (κ2) is 5.25. The zero-order valence-electron chi connectivity index (χ0n) is 9.34. The summed E-state index contributed by atoms with van der Waals surface area (Å²) in [7, 11) is 0. The van der Waals surface area contributed by atoms with Gasteiger partial charge in [-0.05, 0) is 42.2 Å². The number of rotatable bonds is 4. The Balaban J connectivity index is 2.04. The van der Waals surface area contributed by atoms with Gasteiger partial charge in [-0.25, -0.2) is 4.79 Å². The molecule has 17 heavy (non-hydrogen) atoms. The van der Waals surface area contributed by atoms with E-state index in [0.29, 0.717) is 5.56 Å². The normalized spacial score (nSPS) is 10.1. The average molecular weight is 227 g/mol. The minimum absolute atomic E-state index is 0.341. The molecule has 0 saturated carbocycles. The maximum Gasteiger partial charge on any atom is 0.335 e. The molecule has 0 unspecified atom stereocenters. The molecule has 1 heterocycles. The van der Waals surface area contributed by atoms with Crippen molar-refractivity contribution in [1.29, 1.82) is 0 Å². The van der Waals surface area contributed by atoms with Crippen LogP contribution in [0.15, 0.2) is 48.8 Å². The molecule has 0 radical (unpaired) electrons. The van der Waals surface area contributed by atoms with Crippen molar-refractivity contribution in [3.8, 4) is 0 Å². The van der Waals surface area contributed by atoms with E-state index in [2.05, 4.69) is 4.98 Å². The number of aromatic carboxylic acids is 1. The molecule has 2 rings (SSSR count). The molecule has 1 N–H and O–H groups in total. The lowest BCUT2D eigenvalue weighted by Gasteiger charge is -2.02. The molecule has 1 aromatic heterocycles. The lowest BCUT2D eigenvalue weighted by Crippen LogP contribution is -1.98. The van der Waals surface area contributed by atoms with E-state index in [4.69, 9.17) is 5.11 Å². The summed E-state index contributed by atoms with van der Waals surface area (Å²) >= 11 is 0.